The molecule has 0 unspecified atom stereocenters. The zero-order valence-corrected chi connectivity index (χ0v) is 12.1. The summed E-state index contributed by atoms with van der Waals surface area (Å²) in [5.74, 6) is 0.735. The first-order valence-electron chi connectivity index (χ1n) is 6.60. The van der Waals surface area contributed by atoms with E-state index in [0.29, 0.717) is 24.7 Å². The van der Waals surface area contributed by atoms with E-state index in [1.165, 1.54) is 12.3 Å². The molecular formula is C15H16ClNO4. The minimum Gasteiger partial charge on any atom is -0.506 e. The molecule has 0 aliphatic carbocycles. The molecule has 0 aliphatic heterocycles. The molecule has 0 atom stereocenters. The second-order valence-corrected chi connectivity index (χ2v) is 4.81. The highest BCUT2D eigenvalue weighted by atomic mass is 35.5. The molecule has 21 heavy (non-hydrogen) atoms. The molecule has 5 nitrogen and oxygen atoms in total. The number of halogens is 1. The number of amides is 1. The van der Waals surface area contributed by atoms with Gasteiger partial charge in [-0.3, -0.25) is 4.79 Å². The van der Waals surface area contributed by atoms with E-state index >= 15 is 0 Å². The van der Waals surface area contributed by atoms with E-state index < -0.39 is 0 Å². The van der Waals surface area contributed by atoms with E-state index in [0.717, 1.165) is 12.8 Å². The number of hydrogen-bond donors (Lipinski definition) is 2. The van der Waals surface area contributed by atoms with Crippen molar-refractivity contribution in [1.29, 1.82) is 0 Å². The maximum atomic E-state index is 11.6. The number of furan rings is 1. The molecule has 0 aliphatic rings. The molecule has 1 amide bonds. The number of nitrogens with one attached hydrogen (secondary N) is 1. The zero-order chi connectivity index (χ0) is 15.1. The summed E-state index contributed by atoms with van der Waals surface area (Å²) in [4.78, 5) is 11.6. The van der Waals surface area contributed by atoms with Crippen LogP contribution in [0.5, 0.6) is 11.5 Å². The predicted molar refractivity (Wildman–Crippen MR) is 78.9 cm³/mol. The Morgan fingerprint density at radius 2 is 2.19 bits per heavy atom. The fourth-order valence-corrected chi connectivity index (χ4v) is 1.86. The minimum atomic E-state index is -0.216. The maximum Gasteiger partial charge on any atom is 0.286 e. The normalized spacial score (nSPS) is 10.3. The van der Waals surface area contributed by atoms with Crippen molar-refractivity contribution in [2.45, 2.75) is 12.8 Å². The van der Waals surface area contributed by atoms with Crippen molar-refractivity contribution in [3.8, 4) is 11.5 Å². The smallest absolute Gasteiger partial charge is 0.286 e. The van der Waals surface area contributed by atoms with E-state index in [1.807, 2.05) is 0 Å². The highest BCUT2D eigenvalue weighted by molar-refractivity contribution is 6.32. The number of phenolic OH excluding ortho intramolecular Hbond substituents is 1. The lowest BCUT2D eigenvalue weighted by molar-refractivity contribution is 0.0924. The second kappa shape index (κ2) is 7.59. The third kappa shape index (κ3) is 4.72. The van der Waals surface area contributed by atoms with Crippen molar-refractivity contribution in [2.24, 2.45) is 0 Å². The van der Waals surface area contributed by atoms with Crippen molar-refractivity contribution >= 4 is 17.5 Å². The van der Waals surface area contributed by atoms with Crippen molar-refractivity contribution in [2.75, 3.05) is 13.2 Å². The summed E-state index contributed by atoms with van der Waals surface area (Å²) >= 11 is 5.77. The van der Waals surface area contributed by atoms with Gasteiger partial charge in [0.2, 0.25) is 0 Å². The Hall–Kier alpha value is -2.14. The van der Waals surface area contributed by atoms with Gasteiger partial charge >= 0.3 is 0 Å². The summed E-state index contributed by atoms with van der Waals surface area (Å²) in [7, 11) is 0. The Morgan fingerprint density at radius 1 is 1.33 bits per heavy atom. The van der Waals surface area contributed by atoms with Gasteiger partial charge in [0.1, 0.15) is 11.5 Å². The Morgan fingerprint density at radius 3 is 2.90 bits per heavy atom. The van der Waals surface area contributed by atoms with Crippen molar-refractivity contribution < 1.29 is 19.1 Å². The largest absolute Gasteiger partial charge is 0.506 e. The number of hydrogen-bond acceptors (Lipinski definition) is 4. The van der Waals surface area contributed by atoms with Gasteiger partial charge in [-0.1, -0.05) is 11.6 Å². The van der Waals surface area contributed by atoms with Crippen LogP contribution in [0.4, 0.5) is 0 Å². The van der Waals surface area contributed by atoms with E-state index in [4.69, 9.17) is 20.8 Å². The molecule has 2 N–H and O–H groups in total. The third-order valence-corrected chi connectivity index (χ3v) is 3.09. The molecular weight excluding hydrogens is 294 g/mol. The van der Waals surface area contributed by atoms with Gasteiger partial charge in [-0.25, -0.2) is 0 Å². The lowest BCUT2D eigenvalue weighted by Crippen LogP contribution is -2.24. The molecule has 0 radical (unpaired) electrons. The van der Waals surface area contributed by atoms with Crippen LogP contribution in [0.25, 0.3) is 0 Å². The average Bonchev–Trinajstić information content (AvgIpc) is 3.00. The van der Waals surface area contributed by atoms with E-state index in [1.54, 1.807) is 24.3 Å². The molecule has 0 spiro atoms. The molecule has 6 heteroatoms. The van der Waals surface area contributed by atoms with Gasteiger partial charge in [0.05, 0.1) is 17.9 Å². The fraction of sp³-hybridized carbons (Fsp3) is 0.267. The maximum absolute atomic E-state index is 11.6. The molecule has 1 aromatic heterocycles. The topological polar surface area (TPSA) is 71.7 Å². The number of carbonyl (C=O) groups is 1. The zero-order valence-electron chi connectivity index (χ0n) is 11.3. The van der Waals surface area contributed by atoms with Crippen LogP contribution in [-0.4, -0.2) is 24.2 Å². The number of carbonyl (C=O) groups excluding carboxylic acids is 1. The van der Waals surface area contributed by atoms with Crippen LogP contribution in [-0.2, 0) is 0 Å². The number of ether oxygens (including phenoxy) is 1. The van der Waals surface area contributed by atoms with E-state index in [-0.39, 0.29) is 16.7 Å². The lowest BCUT2D eigenvalue weighted by atomic mass is 10.3. The molecule has 0 saturated heterocycles. The average molecular weight is 310 g/mol. The third-order valence-electron chi connectivity index (χ3n) is 2.79. The number of unbranched alkanes of at least 4 members (excludes halogenated alkanes) is 1. The number of phenols is 1. The Bertz CT molecular complexity index is 583. The summed E-state index contributed by atoms with van der Waals surface area (Å²) in [6.07, 6.45) is 3.04. The van der Waals surface area contributed by atoms with Gasteiger partial charge in [0.25, 0.3) is 5.91 Å². The van der Waals surface area contributed by atoms with Crippen molar-refractivity contribution in [3.63, 3.8) is 0 Å². The van der Waals surface area contributed by atoms with E-state index in [2.05, 4.69) is 5.32 Å². The summed E-state index contributed by atoms with van der Waals surface area (Å²) in [6, 6.07) is 8.00. The standard InChI is InChI=1S/C15H16ClNO4/c16-12-10-11(5-6-13(12)18)20-8-2-1-7-17-15(19)14-4-3-9-21-14/h3-6,9-10,18H,1-2,7-8H2,(H,17,19). The monoisotopic (exact) mass is 309 g/mol. The fourth-order valence-electron chi connectivity index (χ4n) is 1.69. The summed E-state index contributed by atoms with van der Waals surface area (Å²) in [5.41, 5.74) is 0. The molecule has 0 saturated carbocycles. The highest BCUT2D eigenvalue weighted by Crippen LogP contribution is 2.27. The molecule has 2 aromatic rings. The van der Waals surface area contributed by atoms with Crippen LogP contribution >= 0.6 is 11.6 Å². The van der Waals surface area contributed by atoms with Crippen LogP contribution in [0.3, 0.4) is 0 Å². The van der Waals surface area contributed by atoms with Crippen LogP contribution in [0, 0.1) is 0 Å². The predicted octanol–water partition coefficient (Wildman–Crippen LogP) is 3.23. The van der Waals surface area contributed by atoms with Crippen molar-refractivity contribution in [1.82, 2.24) is 5.32 Å². The summed E-state index contributed by atoms with van der Waals surface area (Å²) in [5, 5.41) is 12.3. The molecule has 0 bridgehead atoms. The van der Waals surface area contributed by atoms with Gasteiger partial charge in [-0.2, -0.15) is 0 Å². The summed E-state index contributed by atoms with van der Waals surface area (Å²) in [6.45, 7) is 1.07. The Balaban J connectivity index is 1.60. The van der Waals surface area contributed by atoms with Gasteiger partial charge in [-0.15, -0.1) is 0 Å². The Kier molecular flexibility index (Phi) is 5.51. The SMILES string of the molecule is O=C(NCCCCOc1ccc(O)c(Cl)c1)c1ccco1. The molecule has 2 rings (SSSR count). The number of benzene rings is 1. The Labute approximate surface area is 127 Å². The molecule has 112 valence electrons. The van der Waals surface area contributed by atoms with Crippen LogP contribution in [0.2, 0.25) is 5.02 Å². The molecule has 1 heterocycles. The first-order chi connectivity index (χ1) is 10.2. The minimum absolute atomic E-state index is 0.0321. The summed E-state index contributed by atoms with van der Waals surface area (Å²) < 4.78 is 10.5. The molecule has 0 fully saturated rings. The van der Waals surface area contributed by atoms with Crippen LogP contribution in [0.1, 0.15) is 23.4 Å². The van der Waals surface area contributed by atoms with Gasteiger partial charge in [-0.05, 0) is 37.1 Å². The van der Waals surface area contributed by atoms with Gasteiger partial charge < -0.3 is 19.6 Å². The highest BCUT2D eigenvalue weighted by Gasteiger charge is 2.06. The van der Waals surface area contributed by atoms with E-state index in [9.17, 15) is 9.90 Å². The number of aromatic hydroxyl groups is 1. The first kappa shape index (κ1) is 15.3. The quantitative estimate of drug-likeness (QED) is 0.770. The molecule has 1 aromatic carbocycles. The van der Waals surface area contributed by atoms with Gasteiger partial charge in [0.15, 0.2) is 5.76 Å². The second-order valence-electron chi connectivity index (χ2n) is 4.40. The number of rotatable bonds is 7. The van der Waals surface area contributed by atoms with Crippen LogP contribution in [0.15, 0.2) is 41.0 Å². The first-order valence-corrected chi connectivity index (χ1v) is 6.97. The lowest BCUT2D eigenvalue weighted by Gasteiger charge is -2.07. The van der Waals surface area contributed by atoms with Crippen molar-refractivity contribution in [3.05, 3.63) is 47.4 Å². The van der Waals surface area contributed by atoms with Gasteiger partial charge in [0, 0.05) is 12.6 Å². The van der Waals surface area contributed by atoms with Crippen LogP contribution < -0.4 is 10.1 Å².